The molecular formula is C13H17F3N2O3. The SMILES string of the molecule is O=C(Nc1cccc(C(F)(F)F)c1)N(CCO)CCCO. The average Bonchev–Trinajstić information content (AvgIpc) is 2.42. The van der Waals surface area contributed by atoms with Crippen molar-refractivity contribution < 1.29 is 28.2 Å². The number of hydrogen-bond donors (Lipinski definition) is 3. The first kappa shape index (κ1) is 17.3. The molecule has 0 spiro atoms. The number of carbonyl (C=O) groups excluding carboxylic acids is 1. The lowest BCUT2D eigenvalue weighted by molar-refractivity contribution is -0.137. The fourth-order valence-electron chi connectivity index (χ4n) is 1.67. The molecule has 0 unspecified atom stereocenters. The number of alkyl halides is 3. The minimum Gasteiger partial charge on any atom is -0.396 e. The van der Waals surface area contributed by atoms with Crippen LogP contribution in [0.1, 0.15) is 12.0 Å². The Morgan fingerprint density at radius 1 is 1.19 bits per heavy atom. The van der Waals surface area contributed by atoms with Gasteiger partial charge in [0.1, 0.15) is 0 Å². The van der Waals surface area contributed by atoms with Crippen molar-refractivity contribution in [3.05, 3.63) is 29.8 Å². The third-order valence-electron chi connectivity index (χ3n) is 2.68. The van der Waals surface area contributed by atoms with Crippen LogP contribution >= 0.6 is 0 Å². The van der Waals surface area contributed by atoms with Gasteiger partial charge in [0.2, 0.25) is 0 Å². The van der Waals surface area contributed by atoms with Crippen LogP contribution in [0, 0.1) is 0 Å². The highest BCUT2D eigenvalue weighted by molar-refractivity contribution is 5.89. The van der Waals surface area contributed by atoms with E-state index in [0.29, 0.717) is 6.42 Å². The van der Waals surface area contributed by atoms with E-state index in [1.165, 1.54) is 17.0 Å². The molecule has 0 fully saturated rings. The Morgan fingerprint density at radius 2 is 1.90 bits per heavy atom. The molecule has 3 N–H and O–H groups in total. The zero-order valence-corrected chi connectivity index (χ0v) is 11.2. The molecule has 0 radical (unpaired) electrons. The van der Waals surface area contributed by atoms with Crippen molar-refractivity contribution in [2.75, 3.05) is 31.6 Å². The Balaban J connectivity index is 2.76. The van der Waals surface area contributed by atoms with Gasteiger partial charge in [-0.25, -0.2) is 4.79 Å². The summed E-state index contributed by atoms with van der Waals surface area (Å²) in [5.41, 5.74) is -0.842. The number of urea groups is 1. The molecule has 0 saturated carbocycles. The predicted molar refractivity (Wildman–Crippen MR) is 70.8 cm³/mol. The molecule has 1 aromatic rings. The maximum absolute atomic E-state index is 12.6. The maximum atomic E-state index is 12.6. The van der Waals surface area contributed by atoms with E-state index in [9.17, 15) is 18.0 Å². The number of anilines is 1. The number of benzene rings is 1. The molecule has 21 heavy (non-hydrogen) atoms. The van der Waals surface area contributed by atoms with Gasteiger partial charge in [0.25, 0.3) is 0 Å². The van der Waals surface area contributed by atoms with Gasteiger partial charge >= 0.3 is 12.2 Å². The molecule has 0 aliphatic rings. The summed E-state index contributed by atoms with van der Waals surface area (Å²) < 4.78 is 37.7. The van der Waals surface area contributed by atoms with Crippen molar-refractivity contribution in [3.63, 3.8) is 0 Å². The molecule has 0 aromatic heterocycles. The minimum atomic E-state index is -4.48. The largest absolute Gasteiger partial charge is 0.416 e. The van der Waals surface area contributed by atoms with Crippen LogP contribution in [-0.2, 0) is 6.18 Å². The summed E-state index contributed by atoms with van der Waals surface area (Å²) in [5.74, 6) is 0. The van der Waals surface area contributed by atoms with Crippen LogP contribution in [0.4, 0.5) is 23.7 Å². The van der Waals surface area contributed by atoms with E-state index in [0.717, 1.165) is 12.1 Å². The van der Waals surface area contributed by atoms with Gasteiger partial charge in [0.05, 0.1) is 12.2 Å². The summed E-state index contributed by atoms with van der Waals surface area (Å²) in [7, 11) is 0. The Morgan fingerprint density at radius 3 is 2.48 bits per heavy atom. The number of carbonyl (C=O) groups is 1. The molecular weight excluding hydrogens is 289 g/mol. The molecule has 0 aliphatic carbocycles. The van der Waals surface area contributed by atoms with Crippen molar-refractivity contribution in [1.82, 2.24) is 4.90 Å². The summed E-state index contributed by atoms with van der Waals surface area (Å²) in [5, 5.41) is 19.9. The smallest absolute Gasteiger partial charge is 0.396 e. The van der Waals surface area contributed by atoms with E-state index in [4.69, 9.17) is 10.2 Å². The van der Waals surface area contributed by atoms with Gasteiger partial charge < -0.3 is 20.4 Å². The predicted octanol–water partition coefficient (Wildman–Crippen LogP) is 1.91. The summed E-state index contributed by atoms with van der Waals surface area (Å²) in [6.07, 6.45) is -4.17. The van der Waals surface area contributed by atoms with E-state index >= 15 is 0 Å². The van der Waals surface area contributed by atoms with Gasteiger partial charge in [0.15, 0.2) is 0 Å². The zero-order valence-electron chi connectivity index (χ0n) is 11.2. The van der Waals surface area contributed by atoms with Crippen molar-refractivity contribution in [1.29, 1.82) is 0 Å². The number of amides is 2. The molecule has 8 heteroatoms. The third kappa shape index (κ3) is 5.60. The Hall–Kier alpha value is -1.80. The van der Waals surface area contributed by atoms with Crippen molar-refractivity contribution in [2.24, 2.45) is 0 Å². The number of aliphatic hydroxyl groups excluding tert-OH is 2. The lowest BCUT2D eigenvalue weighted by Crippen LogP contribution is -2.38. The number of hydrogen-bond acceptors (Lipinski definition) is 3. The summed E-state index contributed by atoms with van der Waals surface area (Å²) in [4.78, 5) is 13.1. The molecule has 0 heterocycles. The van der Waals surface area contributed by atoms with E-state index in [2.05, 4.69) is 5.32 Å². The fraction of sp³-hybridized carbons (Fsp3) is 0.462. The number of nitrogens with one attached hydrogen (secondary N) is 1. The van der Waals surface area contributed by atoms with Crippen LogP contribution in [0.3, 0.4) is 0 Å². The molecule has 1 rings (SSSR count). The first-order valence-electron chi connectivity index (χ1n) is 6.33. The first-order chi connectivity index (χ1) is 9.88. The number of nitrogens with zero attached hydrogens (tertiary/aromatic N) is 1. The quantitative estimate of drug-likeness (QED) is 0.752. The highest BCUT2D eigenvalue weighted by Crippen LogP contribution is 2.30. The third-order valence-corrected chi connectivity index (χ3v) is 2.68. The Kier molecular flexibility index (Phi) is 6.44. The zero-order chi connectivity index (χ0) is 15.9. The maximum Gasteiger partial charge on any atom is 0.416 e. The fourth-order valence-corrected chi connectivity index (χ4v) is 1.67. The molecule has 0 aliphatic heterocycles. The summed E-state index contributed by atoms with van der Waals surface area (Å²) in [6, 6.07) is 3.66. The van der Waals surface area contributed by atoms with Crippen LogP contribution in [0.25, 0.3) is 0 Å². The van der Waals surface area contributed by atoms with Crippen LogP contribution in [-0.4, -0.2) is 47.4 Å². The van der Waals surface area contributed by atoms with Gasteiger partial charge in [-0.15, -0.1) is 0 Å². The summed E-state index contributed by atoms with van der Waals surface area (Å²) in [6.45, 7) is -0.174. The van der Waals surface area contributed by atoms with Crippen LogP contribution in [0.5, 0.6) is 0 Å². The normalized spacial score (nSPS) is 11.3. The lowest BCUT2D eigenvalue weighted by atomic mass is 10.2. The Bertz CT molecular complexity index is 466. The van der Waals surface area contributed by atoms with Crippen LogP contribution in [0.15, 0.2) is 24.3 Å². The highest BCUT2D eigenvalue weighted by Gasteiger charge is 2.30. The van der Waals surface area contributed by atoms with Crippen molar-refractivity contribution in [3.8, 4) is 0 Å². The first-order valence-corrected chi connectivity index (χ1v) is 6.33. The molecule has 1 aromatic carbocycles. The highest BCUT2D eigenvalue weighted by atomic mass is 19.4. The second-order valence-corrected chi connectivity index (χ2v) is 4.30. The van der Waals surface area contributed by atoms with Gasteiger partial charge in [-0.2, -0.15) is 13.2 Å². The van der Waals surface area contributed by atoms with Crippen molar-refractivity contribution in [2.45, 2.75) is 12.6 Å². The monoisotopic (exact) mass is 306 g/mol. The molecule has 5 nitrogen and oxygen atoms in total. The molecule has 2 amide bonds. The number of aliphatic hydroxyl groups is 2. The van der Waals surface area contributed by atoms with E-state index in [1.54, 1.807) is 0 Å². The van der Waals surface area contributed by atoms with Crippen LogP contribution < -0.4 is 5.32 Å². The molecule has 0 bridgehead atoms. The number of halogens is 3. The average molecular weight is 306 g/mol. The van der Waals surface area contributed by atoms with Gasteiger partial charge in [0, 0.05) is 25.4 Å². The van der Waals surface area contributed by atoms with Crippen LogP contribution in [0.2, 0.25) is 0 Å². The second kappa shape index (κ2) is 7.84. The second-order valence-electron chi connectivity index (χ2n) is 4.30. The van der Waals surface area contributed by atoms with Crippen molar-refractivity contribution >= 4 is 11.7 Å². The van der Waals surface area contributed by atoms with Gasteiger partial charge in [-0.3, -0.25) is 0 Å². The number of rotatable bonds is 6. The summed E-state index contributed by atoms with van der Waals surface area (Å²) >= 11 is 0. The standard InChI is InChI=1S/C13H17F3N2O3/c14-13(15,16)10-3-1-4-11(9-10)17-12(21)18(6-8-20)5-2-7-19/h1,3-4,9,19-20H,2,5-8H2,(H,17,21). The molecule has 0 atom stereocenters. The molecule has 118 valence electrons. The minimum absolute atomic E-state index is 0.0155. The van der Waals surface area contributed by atoms with Gasteiger partial charge in [-0.05, 0) is 24.6 Å². The van der Waals surface area contributed by atoms with E-state index in [1.807, 2.05) is 0 Å². The topological polar surface area (TPSA) is 72.8 Å². The van der Waals surface area contributed by atoms with E-state index < -0.39 is 17.8 Å². The van der Waals surface area contributed by atoms with E-state index in [-0.39, 0.29) is 32.0 Å². The lowest BCUT2D eigenvalue weighted by Gasteiger charge is -2.22. The molecule has 0 saturated heterocycles. The Labute approximate surface area is 120 Å². The van der Waals surface area contributed by atoms with Gasteiger partial charge in [-0.1, -0.05) is 6.07 Å².